The van der Waals surface area contributed by atoms with Crippen molar-refractivity contribution in [1.29, 1.82) is 5.26 Å². The Kier molecular flexibility index (Phi) is 5.77. The summed E-state index contributed by atoms with van der Waals surface area (Å²) in [5, 5.41) is 17.8. The van der Waals surface area contributed by atoms with Gasteiger partial charge in [-0.15, -0.1) is 6.58 Å². The summed E-state index contributed by atoms with van der Waals surface area (Å²) in [5.41, 5.74) is 3.00. The summed E-state index contributed by atoms with van der Waals surface area (Å²) in [6.07, 6.45) is 4.91. The first-order chi connectivity index (χ1) is 15.2. The molecular weight excluding hydrogens is 388 g/mol. The highest BCUT2D eigenvalue weighted by Crippen LogP contribution is 2.30. The number of furan rings is 1. The molecule has 0 aliphatic carbocycles. The molecule has 0 radical (unpaired) electrons. The van der Waals surface area contributed by atoms with Crippen LogP contribution in [-0.4, -0.2) is 22.2 Å². The number of rotatable bonds is 7. The molecule has 0 aliphatic heterocycles. The fourth-order valence-corrected chi connectivity index (χ4v) is 3.25. The zero-order valence-corrected chi connectivity index (χ0v) is 16.8. The second-order valence-electron chi connectivity index (χ2n) is 6.93. The van der Waals surface area contributed by atoms with Gasteiger partial charge in [0.25, 0.3) is 5.91 Å². The van der Waals surface area contributed by atoms with Gasteiger partial charge in [0, 0.05) is 23.7 Å². The first-order valence-corrected chi connectivity index (χ1v) is 9.79. The molecule has 0 fully saturated rings. The lowest BCUT2D eigenvalue weighted by Crippen LogP contribution is -2.24. The summed E-state index contributed by atoms with van der Waals surface area (Å²) in [4.78, 5) is 12.3. The van der Waals surface area contributed by atoms with E-state index in [-0.39, 0.29) is 12.1 Å². The van der Waals surface area contributed by atoms with Crippen LogP contribution >= 0.6 is 0 Å². The summed E-state index contributed by atoms with van der Waals surface area (Å²) in [6, 6.07) is 21.5. The van der Waals surface area contributed by atoms with Crippen molar-refractivity contribution in [3.05, 3.63) is 96.2 Å². The number of carbonyl (C=O) groups is 1. The van der Waals surface area contributed by atoms with E-state index in [2.05, 4.69) is 11.9 Å². The summed E-state index contributed by atoms with van der Waals surface area (Å²) < 4.78 is 7.78. The minimum atomic E-state index is -0.464. The molecule has 4 aromatic rings. The quantitative estimate of drug-likeness (QED) is 0.276. The lowest BCUT2D eigenvalue weighted by molar-refractivity contribution is -0.116. The van der Waals surface area contributed by atoms with Gasteiger partial charge >= 0.3 is 0 Å². The molecular formula is C25H20N4O2. The number of para-hydroxylation sites is 1. The molecule has 1 amide bonds. The van der Waals surface area contributed by atoms with E-state index in [1.807, 2.05) is 72.9 Å². The molecule has 0 spiro atoms. The predicted octanol–water partition coefficient (Wildman–Crippen LogP) is 4.55. The third-order valence-electron chi connectivity index (χ3n) is 4.71. The number of fused-ring (bicyclic) bond motifs is 1. The monoisotopic (exact) mass is 408 g/mol. The average molecular weight is 408 g/mol. The van der Waals surface area contributed by atoms with Crippen molar-refractivity contribution in [3.8, 4) is 17.5 Å². The molecule has 0 atom stereocenters. The van der Waals surface area contributed by atoms with Gasteiger partial charge in [-0.2, -0.15) is 10.4 Å². The number of hydrogen-bond donors (Lipinski definition) is 1. The van der Waals surface area contributed by atoms with E-state index in [1.54, 1.807) is 10.8 Å². The standard InChI is InChI=1S/C25H20N4O2/c1-2-12-27-25(30)20(15-26)13-21-17-29(16-18-8-4-3-5-9-18)28-24(21)23-14-19-10-6-7-11-22(19)31-23/h2-11,13-14,17H,1,12,16H2,(H,27,30)/b20-13+. The van der Waals surface area contributed by atoms with Crippen LogP contribution in [0.3, 0.4) is 0 Å². The third-order valence-corrected chi connectivity index (χ3v) is 4.71. The Labute approximate surface area is 179 Å². The summed E-state index contributed by atoms with van der Waals surface area (Å²) in [5.74, 6) is 0.108. The molecule has 6 nitrogen and oxygen atoms in total. The molecule has 152 valence electrons. The maximum atomic E-state index is 12.3. The van der Waals surface area contributed by atoms with Gasteiger partial charge in [-0.05, 0) is 23.8 Å². The zero-order valence-electron chi connectivity index (χ0n) is 16.8. The Morgan fingerprint density at radius 2 is 1.97 bits per heavy atom. The van der Waals surface area contributed by atoms with E-state index in [4.69, 9.17) is 9.52 Å². The highest BCUT2D eigenvalue weighted by atomic mass is 16.3. The second-order valence-corrected chi connectivity index (χ2v) is 6.93. The molecule has 0 saturated heterocycles. The van der Waals surface area contributed by atoms with E-state index < -0.39 is 5.91 Å². The van der Waals surface area contributed by atoms with Crippen molar-refractivity contribution in [2.75, 3.05) is 6.54 Å². The Balaban J connectivity index is 1.78. The number of aromatic nitrogens is 2. The molecule has 2 heterocycles. The van der Waals surface area contributed by atoms with E-state index in [1.165, 1.54) is 6.08 Å². The molecule has 2 aromatic carbocycles. The van der Waals surface area contributed by atoms with E-state index in [0.29, 0.717) is 23.6 Å². The molecule has 0 unspecified atom stereocenters. The molecule has 0 aliphatic rings. The first kappa shape index (κ1) is 19.9. The second kappa shape index (κ2) is 8.97. The van der Waals surface area contributed by atoms with Crippen LogP contribution in [0.1, 0.15) is 11.1 Å². The number of hydrogen-bond acceptors (Lipinski definition) is 4. The van der Waals surface area contributed by atoms with Crippen LogP contribution in [0.5, 0.6) is 0 Å². The number of nitriles is 1. The summed E-state index contributed by atoms with van der Waals surface area (Å²) in [7, 11) is 0. The van der Waals surface area contributed by atoms with Crippen molar-refractivity contribution >= 4 is 23.0 Å². The van der Waals surface area contributed by atoms with Crippen LogP contribution in [0.25, 0.3) is 28.5 Å². The van der Waals surface area contributed by atoms with Gasteiger partial charge in [-0.3, -0.25) is 9.48 Å². The maximum absolute atomic E-state index is 12.3. The number of carbonyl (C=O) groups excluding carboxylic acids is 1. The van der Waals surface area contributed by atoms with Crippen molar-refractivity contribution in [2.45, 2.75) is 6.54 Å². The van der Waals surface area contributed by atoms with Crippen LogP contribution in [0.15, 0.2) is 89.5 Å². The van der Waals surface area contributed by atoms with Crippen molar-refractivity contribution in [2.24, 2.45) is 0 Å². The number of amides is 1. The van der Waals surface area contributed by atoms with Crippen LogP contribution in [0, 0.1) is 11.3 Å². The van der Waals surface area contributed by atoms with Crippen molar-refractivity contribution in [1.82, 2.24) is 15.1 Å². The van der Waals surface area contributed by atoms with Crippen LogP contribution in [0.2, 0.25) is 0 Å². The maximum Gasteiger partial charge on any atom is 0.262 e. The SMILES string of the molecule is C=CCNC(=O)/C(C#N)=C/c1cn(Cc2ccccc2)nc1-c1cc2ccccc2o1. The average Bonchev–Trinajstić information content (AvgIpc) is 3.40. The molecule has 0 bridgehead atoms. The Bertz CT molecular complexity index is 1270. The first-order valence-electron chi connectivity index (χ1n) is 9.79. The Hall–Kier alpha value is -4.37. The normalized spacial score (nSPS) is 11.3. The Morgan fingerprint density at radius 1 is 1.19 bits per heavy atom. The van der Waals surface area contributed by atoms with Gasteiger partial charge in [-0.25, -0.2) is 0 Å². The fraction of sp³-hybridized carbons (Fsp3) is 0.0800. The minimum Gasteiger partial charge on any atom is -0.454 e. The molecule has 4 rings (SSSR count). The van der Waals surface area contributed by atoms with Crippen LogP contribution in [0.4, 0.5) is 0 Å². The lowest BCUT2D eigenvalue weighted by atomic mass is 10.1. The van der Waals surface area contributed by atoms with Gasteiger partial charge in [0.15, 0.2) is 5.76 Å². The van der Waals surface area contributed by atoms with Gasteiger partial charge in [0.05, 0.1) is 6.54 Å². The Morgan fingerprint density at radius 3 is 2.71 bits per heavy atom. The molecule has 31 heavy (non-hydrogen) atoms. The van der Waals surface area contributed by atoms with Crippen LogP contribution < -0.4 is 5.32 Å². The fourth-order valence-electron chi connectivity index (χ4n) is 3.25. The van der Waals surface area contributed by atoms with Gasteiger partial charge in [0.1, 0.15) is 22.9 Å². The largest absolute Gasteiger partial charge is 0.454 e. The molecule has 6 heteroatoms. The van der Waals surface area contributed by atoms with Crippen molar-refractivity contribution in [3.63, 3.8) is 0 Å². The summed E-state index contributed by atoms with van der Waals surface area (Å²) in [6.45, 7) is 4.40. The van der Waals surface area contributed by atoms with Gasteiger partial charge in [0.2, 0.25) is 0 Å². The smallest absolute Gasteiger partial charge is 0.262 e. The van der Waals surface area contributed by atoms with Crippen LogP contribution in [-0.2, 0) is 11.3 Å². The highest BCUT2D eigenvalue weighted by molar-refractivity contribution is 6.02. The number of nitrogens with one attached hydrogen (secondary N) is 1. The number of benzene rings is 2. The van der Waals surface area contributed by atoms with E-state index in [0.717, 1.165) is 16.5 Å². The molecule has 1 N–H and O–H groups in total. The van der Waals surface area contributed by atoms with E-state index >= 15 is 0 Å². The lowest BCUT2D eigenvalue weighted by Gasteiger charge is -2.00. The van der Waals surface area contributed by atoms with Gasteiger partial charge < -0.3 is 9.73 Å². The highest BCUT2D eigenvalue weighted by Gasteiger charge is 2.17. The topological polar surface area (TPSA) is 83.9 Å². The zero-order chi connectivity index (χ0) is 21.6. The van der Waals surface area contributed by atoms with Crippen molar-refractivity contribution < 1.29 is 9.21 Å². The molecule has 2 aromatic heterocycles. The molecule has 0 saturated carbocycles. The minimum absolute atomic E-state index is 0.0153. The third kappa shape index (κ3) is 4.46. The number of nitrogens with zero attached hydrogens (tertiary/aromatic N) is 3. The predicted molar refractivity (Wildman–Crippen MR) is 120 cm³/mol. The van der Waals surface area contributed by atoms with E-state index in [9.17, 15) is 10.1 Å². The summed E-state index contributed by atoms with van der Waals surface area (Å²) >= 11 is 0. The van der Waals surface area contributed by atoms with Gasteiger partial charge in [-0.1, -0.05) is 54.6 Å².